The Bertz CT molecular complexity index is 749. The second kappa shape index (κ2) is 6.23. The molecule has 0 saturated heterocycles. The second-order valence-corrected chi connectivity index (χ2v) is 7.07. The molecular weight excluding hydrogens is 331 g/mol. The number of nitrogens with zero attached hydrogens (tertiary/aromatic N) is 1. The normalized spacial score (nSPS) is 11.4. The van der Waals surface area contributed by atoms with Crippen LogP contribution in [0.4, 0.5) is 5.69 Å². The van der Waals surface area contributed by atoms with Crippen LogP contribution in [0.5, 0.6) is 0 Å². The second-order valence-electron chi connectivity index (χ2n) is 4.35. The molecule has 2 rings (SSSR count). The molecule has 2 N–H and O–H groups in total. The molecule has 0 atom stereocenters. The average Bonchev–Trinajstić information content (AvgIpc) is 2.47. The maximum Gasteiger partial charge on any atom is 0.265 e. The molecule has 0 spiro atoms. The van der Waals surface area contributed by atoms with E-state index in [2.05, 4.69) is 0 Å². The third kappa shape index (κ3) is 3.01. The van der Waals surface area contributed by atoms with Crippen molar-refractivity contribution in [1.82, 2.24) is 0 Å². The van der Waals surface area contributed by atoms with Gasteiger partial charge in [-0.05, 0) is 24.3 Å². The summed E-state index contributed by atoms with van der Waals surface area (Å²) >= 11 is 12.1. The van der Waals surface area contributed by atoms with Crippen molar-refractivity contribution in [3.05, 3.63) is 58.1 Å². The Morgan fingerprint density at radius 3 is 2.29 bits per heavy atom. The van der Waals surface area contributed by atoms with E-state index in [9.17, 15) is 8.42 Å². The molecule has 0 heterocycles. The minimum Gasteiger partial charge on any atom is -0.326 e. The molecule has 112 valence electrons. The summed E-state index contributed by atoms with van der Waals surface area (Å²) in [6.45, 7) is 0.0656. The fraction of sp³-hybridized carbons (Fsp3) is 0.143. The summed E-state index contributed by atoms with van der Waals surface area (Å²) in [4.78, 5) is -0.0135. The van der Waals surface area contributed by atoms with Gasteiger partial charge in [0, 0.05) is 24.2 Å². The van der Waals surface area contributed by atoms with E-state index in [-0.39, 0.29) is 16.5 Å². The molecule has 0 unspecified atom stereocenters. The first-order valence-electron chi connectivity index (χ1n) is 6.10. The average molecular weight is 345 g/mol. The zero-order valence-electron chi connectivity index (χ0n) is 11.3. The molecule has 0 radical (unpaired) electrons. The van der Waals surface area contributed by atoms with Gasteiger partial charge in [-0.3, -0.25) is 4.31 Å². The van der Waals surface area contributed by atoms with Crippen LogP contribution in [-0.4, -0.2) is 15.5 Å². The number of hydrogen-bond donors (Lipinski definition) is 1. The predicted molar refractivity (Wildman–Crippen MR) is 86.4 cm³/mol. The van der Waals surface area contributed by atoms with Crippen LogP contribution in [0, 0.1) is 0 Å². The van der Waals surface area contributed by atoms with E-state index in [1.165, 1.54) is 23.5 Å². The highest BCUT2D eigenvalue weighted by atomic mass is 35.5. The minimum absolute atomic E-state index is 0.0135. The van der Waals surface area contributed by atoms with E-state index >= 15 is 0 Å². The van der Waals surface area contributed by atoms with E-state index in [1.54, 1.807) is 24.3 Å². The lowest BCUT2D eigenvalue weighted by Gasteiger charge is -2.21. The van der Waals surface area contributed by atoms with E-state index in [0.717, 1.165) is 0 Å². The summed E-state index contributed by atoms with van der Waals surface area (Å²) < 4.78 is 26.5. The minimum atomic E-state index is -3.78. The van der Waals surface area contributed by atoms with E-state index in [4.69, 9.17) is 28.9 Å². The summed E-state index contributed by atoms with van der Waals surface area (Å²) in [6.07, 6.45) is 0. The molecule has 0 aromatic heterocycles. The smallest absolute Gasteiger partial charge is 0.265 e. The Morgan fingerprint density at radius 1 is 1.10 bits per heavy atom. The van der Waals surface area contributed by atoms with Gasteiger partial charge in [0.05, 0.1) is 10.7 Å². The van der Waals surface area contributed by atoms with Crippen LogP contribution >= 0.6 is 23.2 Å². The molecule has 0 amide bonds. The SMILES string of the molecule is CN(c1ccccc1)S(=O)(=O)c1ccc(Cl)c(CN)c1Cl. The van der Waals surface area contributed by atoms with Gasteiger partial charge in [0.2, 0.25) is 0 Å². The molecule has 21 heavy (non-hydrogen) atoms. The van der Waals surface area contributed by atoms with Gasteiger partial charge in [-0.25, -0.2) is 8.42 Å². The predicted octanol–water partition coefficient (Wildman–Crippen LogP) is 3.28. The molecular formula is C14H14Cl2N2O2S. The zero-order chi connectivity index (χ0) is 15.6. The summed E-state index contributed by atoms with van der Waals surface area (Å²) in [7, 11) is -2.31. The van der Waals surface area contributed by atoms with Crippen molar-refractivity contribution in [3.63, 3.8) is 0 Å². The Hall–Kier alpha value is -1.27. The highest BCUT2D eigenvalue weighted by molar-refractivity contribution is 7.93. The van der Waals surface area contributed by atoms with Crippen LogP contribution < -0.4 is 10.0 Å². The van der Waals surface area contributed by atoms with Crippen molar-refractivity contribution >= 4 is 38.9 Å². The standard InChI is InChI=1S/C14H14Cl2N2O2S/c1-18(10-5-3-2-4-6-10)21(19,20)13-8-7-12(15)11(9-17)14(13)16/h2-8H,9,17H2,1H3. The van der Waals surface area contributed by atoms with Crippen molar-refractivity contribution in [2.24, 2.45) is 5.73 Å². The lowest BCUT2D eigenvalue weighted by atomic mass is 10.2. The quantitative estimate of drug-likeness (QED) is 0.925. The third-order valence-corrected chi connectivity index (χ3v) is 5.84. The fourth-order valence-corrected chi connectivity index (χ4v) is 3.99. The number of sulfonamides is 1. The van der Waals surface area contributed by atoms with Gasteiger partial charge in [0.1, 0.15) is 4.90 Å². The van der Waals surface area contributed by atoms with E-state index in [1.807, 2.05) is 6.07 Å². The maximum absolute atomic E-state index is 12.7. The Kier molecular flexibility index (Phi) is 4.78. The molecule has 7 heteroatoms. The Morgan fingerprint density at radius 2 is 1.71 bits per heavy atom. The molecule has 0 saturated carbocycles. The maximum atomic E-state index is 12.7. The van der Waals surface area contributed by atoms with Gasteiger partial charge in [-0.2, -0.15) is 0 Å². The summed E-state index contributed by atoms with van der Waals surface area (Å²) in [6, 6.07) is 11.6. The molecule has 0 fully saturated rings. The van der Waals surface area contributed by atoms with E-state index < -0.39 is 10.0 Å². The number of halogens is 2. The summed E-state index contributed by atoms with van der Waals surface area (Å²) in [5, 5.41) is 0.414. The van der Waals surface area contributed by atoms with Crippen molar-refractivity contribution in [3.8, 4) is 0 Å². The van der Waals surface area contributed by atoms with Gasteiger partial charge in [0.15, 0.2) is 0 Å². The summed E-state index contributed by atoms with van der Waals surface area (Å²) in [5.74, 6) is 0. The molecule has 0 aliphatic heterocycles. The van der Waals surface area contributed by atoms with E-state index in [0.29, 0.717) is 16.3 Å². The molecule has 0 bridgehead atoms. The number of para-hydroxylation sites is 1. The van der Waals surface area contributed by atoms with Gasteiger partial charge in [-0.15, -0.1) is 0 Å². The number of nitrogens with two attached hydrogens (primary N) is 1. The molecule has 4 nitrogen and oxygen atoms in total. The molecule has 0 aliphatic rings. The molecule has 2 aromatic rings. The topological polar surface area (TPSA) is 63.4 Å². The van der Waals surface area contributed by atoms with Crippen LogP contribution in [0.25, 0.3) is 0 Å². The van der Waals surface area contributed by atoms with Gasteiger partial charge >= 0.3 is 0 Å². The fourth-order valence-electron chi connectivity index (χ4n) is 1.89. The van der Waals surface area contributed by atoms with Crippen molar-refractivity contribution in [2.75, 3.05) is 11.4 Å². The van der Waals surface area contributed by atoms with Crippen LogP contribution in [0.2, 0.25) is 10.0 Å². The van der Waals surface area contributed by atoms with Crippen molar-refractivity contribution in [1.29, 1.82) is 0 Å². The van der Waals surface area contributed by atoms with Crippen molar-refractivity contribution in [2.45, 2.75) is 11.4 Å². The molecule has 0 aliphatic carbocycles. The van der Waals surface area contributed by atoms with Gasteiger partial charge in [-0.1, -0.05) is 41.4 Å². The van der Waals surface area contributed by atoms with Gasteiger partial charge in [0.25, 0.3) is 10.0 Å². The first kappa shape index (κ1) is 16.1. The van der Waals surface area contributed by atoms with Crippen LogP contribution in [-0.2, 0) is 16.6 Å². The van der Waals surface area contributed by atoms with Crippen molar-refractivity contribution < 1.29 is 8.42 Å². The Balaban J connectivity index is 2.55. The third-order valence-electron chi connectivity index (χ3n) is 3.11. The zero-order valence-corrected chi connectivity index (χ0v) is 13.6. The van der Waals surface area contributed by atoms with Crippen LogP contribution in [0.3, 0.4) is 0 Å². The number of anilines is 1. The van der Waals surface area contributed by atoms with Crippen LogP contribution in [0.1, 0.15) is 5.56 Å². The Labute approximate surface area is 134 Å². The highest BCUT2D eigenvalue weighted by Crippen LogP contribution is 2.33. The monoisotopic (exact) mass is 344 g/mol. The highest BCUT2D eigenvalue weighted by Gasteiger charge is 2.26. The lowest BCUT2D eigenvalue weighted by molar-refractivity contribution is 0.594. The first-order valence-corrected chi connectivity index (χ1v) is 8.30. The number of rotatable bonds is 4. The summed E-state index contributed by atoms with van der Waals surface area (Å²) in [5.41, 5.74) is 6.53. The van der Waals surface area contributed by atoms with Gasteiger partial charge < -0.3 is 5.73 Å². The van der Waals surface area contributed by atoms with Crippen LogP contribution in [0.15, 0.2) is 47.4 Å². The number of hydrogen-bond acceptors (Lipinski definition) is 3. The first-order chi connectivity index (χ1) is 9.89. The molecule has 2 aromatic carbocycles. The largest absolute Gasteiger partial charge is 0.326 e. The lowest BCUT2D eigenvalue weighted by Crippen LogP contribution is -2.27. The number of benzene rings is 2.